The van der Waals surface area contributed by atoms with Crippen molar-refractivity contribution < 1.29 is 14.3 Å². The van der Waals surface area contributed by atoms with Crippen molar-refractivity contribution in [2.24, 2.45) is 10.9 Å². The summed E-state index contributed by atoms with van der Waals surface area (Å²) in [5.74, 6) is -2.06. The van der Waals surface area contributed by atoms with Crippen LogP contribution in [0, 0.1) is 23.1 Å². The van der Waals surface area contributed by atoms with Crippen LogP contribution < -0.4 is 10.5 Å². The Bertz CT molecular complexity index is 1970. The zero-order chi connectivity index (χ0) is 33.8. The molecule has 1 saturated heterocycles. The molecule has 2 aliphatic rings. The maximum atomic E-state index is 15.7. The molecule has 5 rings (SSSR count). The van der Waals surface area contributed by atoms with Gasteiger partial charge in [0.05, 0.1) is 43.4 Å². The standard InChI is InChI=1S/C32H29Cl4FN6O3/c1-6-20(44)42-10-9-41(13-16(42)5)29-17-11-19(33)27(21-22(34)30(45)24(36)23(35)25(21)37)40-31(17)43(32(46)18(29)12-38)28-15(4)7-8-39-26(28)14(2)3/h6,11,14,16,45H,1,7-10,13H2,2-5H3/t16-/m1/s1. The van der Waals surface area contributed by atoms with Crippen LogP contribution in [0.4, 0.5) is 10.1 Å². The summed E-state index contributed by atoms with van der Waals surface area (Å²) in [4.78, 5) is 39.9. The number of benzene rings is 1. The Labute approximate surface area is 284 Å². The van der Waals surface area contributed by atoms with Crippen LogP contribution in [-0.4, -0.2) is 63.4 Å². The maximum Gasteiger partial charge on any atom is 0.276 e. The molecule has 9 nitrogen and oxygen atoms in total. The van der Waals surface area contributed by atoms with Crippen molar-refractivity contribution in [2.45, 2.75) is 40.2 Å². The number of aromatic hydroxyl groups is 1. The summed E-state index contributed by atoms with van der Waals surface area (Å²) >= 11 is 25.3. The zero-order valence-electron chi connectivity index (χ0n) is 25.4. The Morgan fingerprint density at radius 3 is 2.52 bits per heavy atom. The van der Waals surface area contributed by atoms with E-state index in [2.05, 4.69) is 12.6 Å². The molecule has 4 heterocycles. The van der Waals surface area contributed by atoms with E-state index in [1.807, 2.05) is 32.6 Å². The lowest BCUT2D eigenvalue weighted by molar-refractivity contribution is -0.128. The van der Waals surface area contributed by atoms with Crippen LogP contribution in [0.2, 0.25) is 20.1 Å². The highest BCUT2D eigenvalue weighted by atomic mass is 35.5. The molecule has 1 fully saturated rings. The summed E-state index contributed by atoms with van der Waals surface area (Å²) in [6.07, 6.45) is 1.80. The highest BCUT2D eigenvalue weighted by molar-refractivity contribution is 6.46. The van der Waals surface area contributed by atoms with Gasteiger partial charge in [-0.3, -0.25) is 19.1 Å². The van der Waals surface area contributed by atoms with Gasteiger partial charge in [0.15, 0.2) is 11.6 Å². The van der Waals surface area contributed by atoms with Crippen molar-refractivity contribution in [1.29, 1.82) is 5.26 Å². The number of rotatable bonds is 5. The summed E-state index contributed by atoms with van der Waals surface area (Å²) in [5, 5.41) is 19.7. The van der Waals surface area contributed by atoms with Crippen molar-refractivity contribution in [2.75, 3.05) is 31.1 Å². The van der Waals surface area contributed by atoms with Crippen molar-refractivity contribution in [1.82, 2.24) is 14.5 Å². The van der Waals surface area contributed by atoms with Crippen LogP contribution in [0.25, 0.3) is 28.0 Å². The number of phenols is 1. The van der Waals surface area contributed by atoms with Crippen molar-refractivity contribution in [3.63, 3.8) is 0 Å². The van der Waals surface area contributed by atoms with Gasteiger partial charge in [-0.2, -0.15) is 5.26 Å². The van der Waals surface area contributed by atoms with Crippen LogP contribution in [0.3, 0.4) is 0 Å². The number of nitriles is 1. The maximum absolute atomic E-state index is 15.7. The normalized spacial score (nSPS) is 17.1. The first-order chi connectivity index (χ1) is 21.7. The highest BCUT2D eigenvalue weighted by Gasteiger charge is 2.34. The van der Waals surface area contributed by atoms with E-state index in [1.54, 1.807) is 4.90 Å². The summed E-state index contributed by atoms with van der Waals surface area (Å²) < 4.78 is 17.0. The topological polar surface area (TPSA) is 115 Å². The number of carbonyl (C=O) groups is 1. The molecule has 1 atom stereocenters. The molecule has 0 saturated carbocycles. The molecule has 1 N–H and O–H groups in total. The summed E-state index contributed by atoms with van der Waals surface area (Å²) in [7, 11) is 0. The lowest BCUT2D eigenvalue weighted by Crippen LogP contribution is -2.54. The van der Waals surface area contributed by atoms with Gasteiger partial charge in [0.2, 0.25) is 5.91 Å². The second-order valence-corrected chi connectivity index (χ2v) is 13.0. The third-order valence-electron chi connectivity index (χ3n) is 8.25. The van der Waals surface area contributed by atoms with Gasteiger partial charge in [-0.15, -0.1) is 0 Å². The monoisotopic (exact) mass is 704 g/mol. The summed E-state index contributed by atoms with van der Waals surface area (Å²) in [5.41, 5.74) is 0.874. The number of piperazine rings is 1. The van der Waals surface area contributed by atoms with Gasteiger partial charge in [-0.1, -0.05) is 66.8 Å². The van der Waals surface area contributed by atoms with Crippen LogP contribution in [0.15, 0.2) is 34.1 Å². The molecular weight excluding hydrogens is 677 g/mol. The number of allylic oxidation sites excluding steroid dienone is 1. The van der Waals surface area contributed by atoms with Crippen LogP contribution in [0.5, 0.6) is 5.75 Å². The van der Waals surface area contributed by atoms with Gasteiger partial charge in [0, 0.05) is 37.6 Å². The third-order valence-corrected chi connectivity index (χ3v) is 9.73. The molecule has 0 aliphatic carbocycles. The number of carbonyl (C=O) groups excluding carboxylic acids is 1. The average molecular weight is 706 g/mol. The fraction of sp³-hybridized carbons (Fsp3) is 0.344. The first kappa shape index (κ1) is 33.7. The van der Waals surface area contributed by atoms with E-state index >= 15 is 4.39 Å². The number of anilines is 1. The van der Waals surface area contributed by atoms with E-state index in [0.29, 0.717) is 36.3 Å². The van der Waals surface area contributed by atoms with Crippen molar-refractivity contribution in [3.8, 4) is 23.1 Å². The predicted molar refractivity (Wildman–Crippen MR) is 182 cm³/mol. The lowest BCUT2D eigenvalue weighted by Gasteiger charge is -2.41. The smallest absolute Gasteiger partial charge is 0.276 e. The number of aromatic nitrogens is 2. The molecular formula is C32H29Cl4FN6O3. The quantitative estimate of drug-likeness (QED) is 0.169. The molecule has 1 aromatic carbocycles. The molecule has 2 aromatic heterocycles. The van der Waals surface area contributed by atoms with Crippen molar-refractivity contribution >= 4 is 80.4 Å². The van der Waals surface area contributed by atoms with E-state index in [1.165, 1.54) is 16.7 Å². The Hall–Kier alpha value is -3.62. The Morgan fingerprint density at radius 1 is 1.22 bits per heavy atom. The molecule has 0 unspecified atom stereocenters. The number of nitrogens with zero attached hydrogens (tertiary/aromatic N) is 6. The van der Waals surface area contributed by atoms with Gasteiger partial charge in [-0.05, 0) is 43.9 Å². The van der Waals surface area contributed by atoms with E-state index in [-0.39, 0.29) is 58.6 Å². The molecule has 2 aliphatic heterocycles. The van der Waals surface area contributed by atoms with Crippen LogP contribution in [0.1, 0.15) is 39.7 Å². The van der Waals surface area contributed by atoms with Crippen LogP contribution >= 0.6 is 46.4 Å². The summed E-state index contributed by atoms with van der Waals surface area (Å²) in [6, 6.07) is 3.30. The minimum absolute atomic E-state index is 0.0567. The SMILES string of the molecule is C=CC(=O)N1CCN(c2c(C#N)c(=O)n(C3=C(C)CCN=C3C(C)C)c3nc(-c4c(F)c(Cl)c(Cl)c(O)c4Cl)c(Cl)cc23)C[C@H]1C. The van der Waals surface area contributed by atoms with Gasteiger partial charge in [-0.25, -0.2) is 9.37 Å². The van der Waals surface area contributed by atoms with E-state index in [0.717, 1.165) is 5.57 Å². The molecule has 0 spiro atoms. The number of hydrogen-bond acceptors (Lipinski definition) is 7. The fourth-order valence-electron chi connectivity index (χ4n) is 6.03. The molecule has 46 heavy (non-hydrogen) atoms. The molecule has 14 heteroatoms. The number of hydrogen-bond donors (Lipinski definition) is 1. The number of fused-ring (bicyclic) bond motifs is 1. The predicted octanol–water partition coefficient (Wildman–Crippen LogP) is 7.35. The lowest BCUT2D eigenvalue weighted by atomic mass is 9.96. The number of amides is 1. The number of pyridine rings is 2. The zero-order valence-corrected chi connectivity index (χ0v) is 28.4. The number of halogens is 5. The minimum atomic E-state index is -1.07. The average Bonchev–Trinajstić information content (AvgIpc) is 3.02. The second kappa shape index (κ2) is 12.9. The minimum Gasteiger partial charge on any atom is -0.505 e. The first-order valence-electron chi connectivity index (χ1n) is 14.4. The fourth-order valence-corrected chi connectivity index (χ4v) is 6.95. The third kappa shape index (κ3) is 5.43. The number of phenolic OH excluding ortho intramolecular Hbond substituents is 1. The summed E-state index contributed by atoms with van der Waals surface area (Å²) in [6.45, 7) is 12.6. The number of aliphatic imine (C=N–C) groups is 1. The van der Waals surface area contributed by atoms with Gasteiger partial charge in [0.25, 0.3) is 5.56 Å². The Kier molecular flexibility index (Phi) is 9.45. The van der Waals surface area contributed by atoms with Crippen molar-refractivity contribution in [3.05, 3.63) is 66.1 Å². The first-order valence-corrected chi connectivity index (χ1v) is 15.9. The van der Waals surface area contributed by atoms with E-state index < -0.39 is 37.8 Å². The number of dihydropyridines is 1. The van der Waals surface area contributed by atoms with E-state index in [4.69, 9.17) is 56.4 Å². The molecule has 0 radical (unpaired) electrons. The molecule has 1 amide bonds. The van der Waals surface area contributed by atoms with Gasteiger partial charge < -0.3 is 14.9 Å². The molecule has 3 aromatic rings. The molecule has 0 bridgehead atoms. The Balaban J connectivity index is 1.91. The van der Waals surface area contributed by atoms with Gasteiger partial charge >= 0.3 is 0 Å². The second-order valence-electron chi connectivity index (χ2n) is 11.5. The Morgan fingerprint density at radius 2 is 1.91 bits per heavy atom. The van der Waals surface area contributed by atoms with Crippen LogP contribution in [-0.2, 0) is 4.79 Å². The van der Waals surface area contributed by atoms with E-state index in [9.17, 15) is 20.0 Å². The largest absolute Gasteiger partial charge is 0.505 e. The van der Waals surface area contributed by atoms with Gasteiger partial charge in [0.1, 0.15) is 22.3 Å². The highest BCUT2D eigenvalue weighted by Crippen LogP contribution is 2.48. The molecule has 240 valence electrons.